The van der Waals surface area contributed by atoms with Crippen molar-refractivity contribution in [2.24, 2.45) is 5.92 Å². The van der Waals surface area contributed by atoms with E-state index in [0.717, 1.165) is 18.2 Å². The molecule has 0 bridgehead atoms. The van der Waals surface area contributed by atoms with Gasteiger partial charge in [0.25, 0.3) is 5.91 Å². The van der Waals surface area contributed by atoms with Crippen LogP contribution in [0.1, 0.15) is 29.8 Å². The van der Waals surface area contributed by atoms with Crippen molar-refractivity contribution in [3.05, 3.63) is 64.7 Å². The van der Waals surface area contributed by atoms with Gasteiger partial charge in [-0.25, -0.2) is 0 Å². The maximum absolute atomic E-state index is 13.1. The summed E-state index contributed by atoms with van der Waals surface area (Å²) in [4.78, 5) is 42.3. The van der Waals surface area contributed by atoms with Crippen molar-refractivity contribution in [1.82, 2.24) is 9.80 Å². The fourth-order valence-corrected chi connectivity index (χ4v) is 3.62. The van der Waals surface area contributed by atoms with Crippen molar-refractivity contribution >= 4 is 35.0 Å². The molecule has 1 aliphatic heterocycles. The molecule has 1 saturated heterocycles. The number of anilines is 1. The van der Waals surface area contributed by atoms with Gasteiger partial charge in [-0.3, -0.25) is 19.3 Å². The summed E-state index contributed by atoms with van der Waals surface area (Å²) >= 11 is 5.88. The Morgan fingerprint density at radius 1 is 1.12 bits per heavy atom. The van der Waals surface area contributed by atoms with Crippen LogP contribution in [0.5, 0.6) is 0 Å². The minimum atomic E-state index is -4.59. The lowest BCUT2D eigenvalue weighted by Gasteiger charge is -2.27. The molecule has 10 heteroatoms. The Hall–Kier alpha value is -3.07. The minimum absolute atomic E-state index is 0.00651. The zero-order valence-electron chi connectivity index (χ0n) is 18.1. The summed E-state index contributed by atoms with van der Waals surface area (Å²) < 4.78 is 39.2. The van der Waals surface area contributed by atoms with Crippen LogP contribution in [0.25, 0.3) is 0 Å². The summed E-state index contributed by atoms with van der Waals surface area (Å²) in [6, 6.07) is 10.7. The molecular formula is C23H23ClF3N3O3. The molecule has 1 heterocycles. The van der Waals surface area contributed by atoms with Crippen LogP contribution in [-0.4, -0.2) is 53.8 Å². The van der Waals surface area contributed by atoms with Crippen molar-refractivity contribution in [3.63, 3.8) is 0 Å². The number of carbonyl (C=O) groups excluding carboxylic acids is 3. The number of halogens is 4. The van der Waals surface area contributed by atoms with Gasteiger partial charge in [0.2, 0.25) is 11.8 Å². The largest absolute Gasteiger partial charge is 0.416 e. The molecule has 0 unspecified atom stereocenters. The first-order chi connectivity index (χ1) is 15.5. The predicted molar refractivity (Wildman–Crippen MR) is 118 cm³/mol. The van der Waals surface area contributed by atoms with E-state index in [1.165, 1.54) is 20.8 Å². The third kappa shape index (κ3) is 6.04. The SMILES string of the molecule is CC(C)CN(CC(=O)N1CC(=O)N(c2ccc(Cl)cc2)C1)C(=O)c1cccc(C(F)(F)F)c1. The highest BCUT2D eigenvalue weighted by Crippen LogP contribution is 2.30. The Bertz CT molecular complexity index is 1040. The van der Waals surface area contributed by atoms with E-state index in [1.807, 2.05) is 13.8 Å². The third-order valence-corrected chi connectivity index (χ3v) is 5.32. The van der Waals surface area contributed by atoms with Crippen molar-refractivity contribution in [3.8, 4) is 0 Å². The number of rotatable bonds is 6. The maximum Gasteiger partial charge on any atom is 0.416 e. The molecular weight excluding hydrogens is 459 g/mol. The van der Waals surface area contributed by atoms with Crippen molar-refractivity contribution in [2.75, 3.05) is 31.2 Å². The highest BCUT2D eigenvalue weighted by molar-refractivity contribution is 6.30. The standard InChI is InChI=1S/C23H23ClF3N3O3/c1-15(2)11-28(22(33)16-4-3-5-17(10-16)23(25,26)27)12-20(31)29-13-21(32)30(14-29)19-8-6-18(24)7-9-19/h3-10,15H,11-14H2,1-2H3. The minimum Gasteiger partial charge on any atom is -0.329 e. The first-order valence-electron chi connectivity index (χ1n) is 10.3. The normalized spacial score (nSPS) is 14.2. The molecule has 3 rings (SSSR count). The number of hydrogen-bond acceptors (Lipinski definition) is 3. The van der Waals surface area contributed by atoms with Crippen LogP contribution in [0.4, 0.5) is 18.9 Å². The van der Waals surface area contributed by atoms with E-state index >= 15 is 0 Å². The average Bonchev–Trinajstić information content (AvgIpc) is 3.14. The number of hydrogen-bond donors (Lipinski definition) is 0. The van der Waals surface area contributed by atoms with Crippen LogP contribution in [0.2, 0.25) is 5.02 Å². The van der Waals surface area contributed by atoms with E-state index in [2.05, 4.69) is 0 Å². The highest BCUT2D eigenvalue weighted by atomic mass is 35.5. The Labute approximate surface area is 194 Å². The van der Waals surface area contributed by atoms with Crippen LogP contribution in [0.15, 0.2) is 48.5 Å². The van der Waals surface area contributed by atoms with Crippen LogP contribution >= 0.6 is 11.6 Å². The van der Waals surface area contributed by atoms with Gasteiger partial charge < -0.3 is 9.80 Å². The van der Waals surface area contributed by atoms with Gasteiger partial charge in [0, 0.05) is 22.8 Å². The number of carbonyl (C=O) groups is 3. The second-order valence-corrected chi connectivity index (χ2v) is 8.63. The van der Waals surface area contributed by atoms with E-state index < -0.39 is 23.6 Å². The molecule has 2 aromatic rings. The Kier molecular flexibility index (Phi) is 7.31. The van der Waals surface area contributed by atoms with Gasteiger partial charge in [-0.1, -0.05) is 31.5 Å². The predicted octanol–water partition coefficient (Wildman–Crippen LogP) is 4.29. The van der Waals surface area contributed by atoms with Gasteiger partial charge in [0.1, 0.15) is 19.8 Å². The Balaban J connectivity index is 1.75. The quantitative estimate of drug-likeness (QED) is 0.618. The fraction of sp³-hybridized carbons (Fsp3) is 0.348. The molecule has 33 heavy (non-hydrogen) atoms. The Morgan fingerprint density at radius 2 is 1.79 bits per heavy atom. The molecule has 0 saturated carbocycles. The lowest BCUT2D eigenvalue weighted by Crippen LogP contribution is -2.44. The zero-order valence-corrected chi connectivity index (χ0v) is 18.9. The van der Waals surface area contributed by atoms with Crippen molar-refractivity contribution in [2.45, 2.75) is 20.0 Å². The summed E-state index contributed by atoms with van der Waals surface area (Å²) in [7, 11) is 0. The highest BCUT2D eigenvalue weighted by Gasteiger charge is 2.34. The van der Waals surface area contributed by atoms with E-state index in [9.17, 15) is 27.6 Å². The van der Waals surface area contributed by atoms with E-state index in [0.29, 0.717) is 10.7 Å². The first-order valence-corrected chi connectivity index (χ1v) is 10.6. The lowest BCUT2D eigenvalue weighted by atomic mass is 10.1. The first kappa shape index (κ1) is 24.6. The molecule has 0 radical (unpaired) electrons. The molecule has 0 aromatic heterocycles. The van der Waals surface area contributed by atoms with E-state index in [-0.39, 0.29) is 43.7 Å². The molecule has 2 aromatic carbocycles. The second kappa shape index (κ2) is 9.82. The van der Waals surface area contributed by atoms with Crippen molar-refractivity contribution < 1.29 is 27.6 Å². The summed E-state index contributed by atoms with van der Waals surface area (Å²) in [5.74, 6) is -1.47. The van der Waals surface area contributed by atoms with Gasteiger partial charge in [0.15, 0.2) is 0 Å². The number of benzene rings is 2. The van der Waals surface area contributed by atoms with Gasteiger partial charge in [0.05, 0.1) is 5.56 Å². The van der Waals surface area contributed by atoms with Crippen LogP contribution in [0, 0.1) is 5.92 Å². The zero-order chi connectivity index (χ0) is 24.3. The summed E-state index contributed by atoms with van der Waals surface area (Å²) in [6.07, 6.45) is -4.59. The van der Waals surface area contributed by atoms with Gasteiger partial charge >= 0.3 is 6.18 Å². The molecule has 0 N–H and O–H groups in total. The van der Waals surface area contributed by atoms with E-state index in [1.54, 1.807) is 24.3 Å². The van der Waals surface area contributed by atoms with Crippen LogP contribution in [-0.2, 0) is 15.8 Å². The molecule has 0 atom stereocenters. The van der Waals surface area contributed by atoms with Crippen LogP contribution in [0.3, 0.4) is 0 Å². The second-order valence-electron chi connectivity index (χ2n) is 8.19. The summed E-state index contributed by atoms with van der Waals surface area (Å²) in [5, 5.41) is 0.510. The topological polar surface area (TPSA) is 60.9 Å². The molecule has 1 fully saturated rings. The average molecular weight is 482 g/mol. The third-order valence-electron chi connectivity index (χ3n) is 5.07. The van der Waals surface area contributed by atoms with E-state index in [4.69, 9.17) is 11.6 Å². The molecule has 1 aliphatic rings. The number of amides is 3. The van der Waals surface area contributed by atoms with Gasteiger partial charge in [-0.15, -0.1) is 0 Å². The van der Waals surface area contributed by atoms with Crippen molar-refractivity contribution in [1.29, 1.82) is 0 Å². The monoisotopic (exact) mass is 481 g/mol. The number of alkyl halides is 3. The fourth-order valence-electron chi connectivity index (χ4n) is 3.50. The molecule has 0 spiro atoms. The molecule has 6 nitrogen and oxygen atoms in total. The number of nitrogens with zero attached hydrogens (tertiary/aromatic N) is 3. The maximum atomic E-state index is 13.1. The summed E-state index contributed by atoms with van der Waals surface area (Å²) in [6.45, 7) is 3.33. The van der Waals surface area contributed by atoms with Gasteiger partial charge in [-0.2, -0.15) is 13.2 Å². The molecule has 3 amide bonds. The summed E-state index contributed by atoms with van der Waals surface area (Å²) in [5.41, 5.74) is -0.509. The smallest absolute Gasteiger partial charge is 0.329 e. The molecule has 176 valence electrons. The Morgan fingerprint density at radius 3 is 2.39 bits per heavy atom. The van der Waals surface area contributed by atoms with Crippen LogP contribution < -0.4 is 4.90 Å². The molecule has 0 aliphatic carbocycles. The van der Waals surface area contributed by atoms with Gasteiger partial charge in [-0.05, 0) is 48.4 Å². The lowest BCUT2D eigenvalue weighted by molar-refractivity contribution is -0.137.